The van der Waals surface area contributed by atoms with Gasteiger partial charge in [-0.05, 0) is 26.0 Å². The fraction of sp³-hybridized carbons (Fsp3) is 0.286. The van der Waals surface area contributed by atoms with Crippen LogP contribution in [0.2, 0.25) is 5.15 Å². The van der Waals surface area contributed by atoms with Crippen molar-refractivity contribution in [3.63, 3.8) is 0 Å². The minimum absolute atomic E-state index is 0.0603. The minimum atomic E-state index is 0.0603. The molecule has 0 spiro atoms. The Hall–Kier alpha value is -2.66. The monoisotopic (exact) mass is 380 g/mol. The second kappa shape index (κ2) is 7.16. The summed E-state index contributed by atoms with van der Waals surface area (Å²) < 4.78 is 0. The topological polar surface area (TPSA) is 49.3 Å². The van der Waals surface area contributed by atoms with Gasteiger partial charge in [-0.15, -0.1) is 10.2 Å². The molecule has 2 unspecified atom stereocenters. The van der Waals surface area contributed by atoms with Gasteiger partial charge in [0.1, 0.15) is 0 Å². The molecule has 3 aromatic rings. The Balaban J connectivity index is 1.64. The molecule has 27 heavy (non-hydrogen) atoms. The van der Waals surface area contributed by atoms with Crippen LogP contribution in [0.4, 0.5) is 5.82 Å². The van der Waals surface area contributed by atoms with Gasteiger partial charge in [0.2, 0.25) is 0 Å². The SMILES string of the molecule is CC1CN(c2nnc(Cl)c3ccccc23)C(C)CN1C(=O)c1ccccc1. The summed E-state index contributed by atoms with van der Waals surface area (Å²) in [7, 11) is 0. The Labute approximate surface area is 163 Å². The first kappa shape index (κ1) is 17.7. The van der Waals surface area contributed by atoms with E-state index >= 15 is 0 Å². The maximum atomic E-state index is 12.9. The molecule has 1 aliphatic rings. The molecule has 2 aromatic carbocycles. The summed E-state index contributed by atoms with van der Waals surface area (Å²) >= 11 is 6.22. The van der Waals surface area contributed by atoms with Crippen LogP contribution in [-0.2, 0) is 0 Å². The van der Waals surface area contributed by atoms with Gasteiger partial charge in [-0.25, -0.2) is 0 Å². The number of fused-ring (bicyclic) bond motifs is 1. The van der Waals surface area contributed by atoms with Gasteiger partial charge >= 0.3 is 0 Å². The summed E-state index contributed by atoms with van der Waals surface area (Å²) in [5.41, 5.74) is 0.724. The predicted octanol–water partition coefficient (Wildman–Crippen LogP) is 4.02. The Morgan fingerprint density at radius 2 is 1.59 bits per heavy atom. The van der Waals surface area contributed by atoms with Gasteiger partial charge in [-0.3, -0.25) is 4.79 Å². The van der Waals surface area contributed by atoms with E-state index in [4.69, 9.17) is 11.6 Å². The van der Waals surface area contributed by atoms with Gasteiger partial charge in [0.25, 0.3) is 5.91 Å². The number of rotatable bonds is 2. The van der Waals surface area contributed by atoms with Crippen molar-refractivity contribution in [2.24, 2.45) is 0 Å². The Morgan fingerprint density at radius 1 is 0.926 bits per heavy atom. The molecule has 0 saturated carbocycles. The van der Waals surface area contributed by atoms with Gasteiger partial charge in [-0.2, -0.15) is 0 Å². The first-order chi connectivity index (χ1) is 13.1. The second-order valence-corrected chi connectivity index (χ2v) is 7.39. The zero-order chi connectivity index (χ0) is 19.0. The van der Waals surface area contributed by atoms with Crippen LogP contribution in [0.3, 0.4) is 0 Å². The molecule has 0 N–H and O–H groups in total. The van der Waals surface area contributed by atoms with Crippen molar-refractivity contribution < 1.29 is 4.79 Å². The van der Waals surface area contributed by atoms with E-state index in [0.717, 1.165) is 22.2 Å². The number of anilines is 1. The molecular formula is C21H21ClN4O. The van der Waals surface area contributed by atoms with Crippen LogP contribution in [0.5, 0.6) is 0 Å². The highest BCUT2D eigenvalue weighted by Crippen LogP contribution is 2.31. The smallest absolute Gasteiger partial charge is 0.254 e. The highest BCUT2D eigenvalue weighted by Gasteiger charge is 2.34. The Bertz CT molecular complexity index is 978. The van der Waals surface area contributed by atoms with Crippen LogP contribution in [0.1, 0.15) is 24.2 Å². The summed E-state index contributed by atoms with van der Waals surface area (Å²) in [6.07, 6.45) is 0. The first-order valence-electron chi connectivity index (χ1n) is 9.10. The average molecular weight is 381 g/mol. The van der Waals surface area contributed by atoms with Crippen LogP contribution in [-0.4, -0.2) is 46.2 Å². The maximum Gasteiger partial charge on any atom is 0.254 e. The fourth-order valence-corrected chi connectivity index (χ4v) is 3.92. The number of amides is 1. The first-order valence-corrected chi connectivity index (χ1v) is 9.47. The summed E-state index contributed by atoms with van der Waals surface area (Å²) in [4.78, 5) is 17.1. The number of piperazine rings is 1. The third-order valence-electron chi connectivity index (χ3n) is 5.16. The maximum absolute atomic E-state index is 12.9. The highest BCUT2D eigenvalue weighted by atomic mass is 35.5. The predicted molar refractivity (Wildman–Crippen MR) is 108 cm³/mol. The minimum Gasteiger partial charge on any atom is -0.348 e. The quantitative estimate of drug-likeness (QED) is 0.673. The van der Waals surface area contributed by atoms with E-state index in [2.05, 4.69) is 28.9 Å². The van der Waals surface area contributed by atoms with Crippen LogP contribution in [0, 0.1) is 0 Å². The third-order valence-corrected chi connectivity index (χ3v) is 5.44. The van der Waals surface area contributed by atoms with E-state index in [1.54, 1.807) is 0 Å². The lowest BCUT2D eigenvalue weighted by Crippen LogP contribution is -2.58. The van der Waals surface area contributed by atoms with Crippen LogP contribution in [0.25, 0.3) is 10.8 Å². The van der Waals surface area contributed by atoms with Crippen molar-refractivity contribution in [3.05, 3.63) is 65.3 Å². The standard InChI is InChI=1S/C21H21ClN4O/c1-14-13-26(21(27)16-8-4-3-5-9-16)15(2)12-25(14)20-18-11-7-6-10-17(18)19(22)23-24-20/h3-11,14-15H,12-13H2,1-2H3. The van der Waals surface area contributed by atoms with Gasteiger partial charge < -0.3 is 9.80 Å². The van der Waals surface area contributed by atoms with Gasteiger partial charge in [-0.1, -0.05) is 54.1 Å². The highest BCUT2D eigenvalue weighted by molar-refractivity contribution is 6.34. The number of halogens is 1. The summed E-state index contributed by atoms with van der Waals surface area (Å²) in [5, 5.41) is 10.8. The number of hydrogen-bond acceptors (Lipinski definition) is 4. The van der Waals surface area contributed by atoms with Crippen molar-refractivity contribution in [2.75, 3.05) is 18.0 Å². The fourth-order valence-electron chi connectivity index (χ4n) is 3.72. The molecule has 2 atom stereocenters. The molecule has 4 rings (SSSR count). The number of hydrogen-bond donors (Lipinski definition) is 0. The zero-order valence-electron chi connectivity index (χ0n) is 15.3. The van der Waals surface area contributed by atoms with E-state index in [1.165, 1.54) is 0 Å². The number of carbonyl (C=O) groups excluding carboxylic acids is 1. The van der Waals surface area contributed by atoms with Crippen molar-refractivity contribution in [1.29, 1.82) is 0 Å². The number of nitrogens with zero attached hydrogens (tertiary/aromatic N) is 4. The molecule has 1 fully saturated rings. The molecule has 0 radical (unpaired) electrons. The molecule has 1 aliphatic heterocycles. The molecule has 1 saturated heterocycles. The molecule has 0 aliphatic carbocycles. The molecule has 6 heteroatoms. The van der Waals surface area contributed by atoms with E-state index in [0.29, 0.717) is 18.2 Å². The Kier molecular flexibility index (Phi) is 4.70. The van der Waals surface area contributed by atoms with Crippen molar-refractivity contribution in [3.8, 4) is 0 Å². The van der Waals surface area contributed by atoms with Crippen LogP contribution < -0.4 is 4.90 Å². The Morgan fingerprint density at radius 3 is 2.33 bits per heavy atom. The van der Waals surface area contributed by atoms with Crippen molar-refractivity contribution >= 4 is 34.1 Å². The molecule has 1 aromatic heterocycles. The van der Waals surface area contributed by atoms with Gasteiger partial charge in [0, 0.05) is 41.5 Å². The second-order valence-electron chi connectivity index (χ2n) is 7.03. The van der Waals surface area contributed by atoms with Crippen molar-refractivity contribution in [1.82, 2.24) is 15.1 Å². The molecule has 138 valence electrons. The van der Waals surface area contributed by atoms with Crippen LogP contribution >= 0.6 is 11.6 Å². The number of benzene rings is 2. The lowest BCUT2D eigenvalue weighted by Gasteiger charge is -2.44. The number of carbonyl (C=O) groups is 1. The van der Waals surface area contributed by atoms with Crippen LogP contribution in [0.15, 0.2) is 54.6 Å². The third kappa shape index (κ3) is 3.23. The summed E-state index contributed by atoms with van der Waals surface area (Å²) in [6, 6.07) is 17.5. The summed E-state index contributed by atoms with van der Waals surface area (Å²) in [6.45, 7) is 5.51. The number of aromatic nitrogens is 2. The average Bonchev–Trinajstić information content (AvgIpc) is 2.70. The zero-order valence-corrected chi connectivity index (χ0v) is 16.1. The van der Waals surface area contributed by atoms with Gasteiger partial charge in [0.05, 0.1) is 0 Å². The van der Waals surface area contributed by atoms with E-state index < -0.39 is 0 Å². The largest absolute Gasteiger partial charge is 0.348 e. The lowest BCUT2D eigenvalue weighted by molar-refractivity contribution is 0.0644. The van der Waals surface area contributed by atoms with E-state index in [1.807, 2.05) is 59.5 Å². The van der Waals surface area contributed by atoms with E-state index in [-0.39, 0.29) is 18.0 Å². The molecule has 5 nitrogen and oxygen atoms in total. The summed E-state index contributed by atoms with van der Waals surface area (Å²) in [5.74, 6) is 0.891. The molecule has 2 heterocycles. The van der Waals surface area contributed by atoms with E-state index in [9.17, 15) is 4.79 Å². The molecule has 0 bridgehead atoms. The normalized spacial score (nSPS) is 20.1. The van der Waals surface area contributed by atoms with Crippen molar-refractivity contribution in [2.45, 2.75) is 25.9 Å². The molecular weight excluding hydrogens is 360 g/mol. The van der Waals surface area contributed by atoms with Gasteiger partial charge in [0.15, 0.2) is 11.0 Å². The molecule has 1 amide bonds. The lowest BCUT2D eigenvalue weighted by atomic mass is 10.0.